The van der Waals surface area contributed by atoms with Crippen LogP contribution in [0.3, 0.4) is 0 Å². The van der Waals surface area contributed by atoms with Gasteiger partial charge in [-0.2, -0.15) is 0 Å². The van der Waals surface area contributed by atoms with Gasteiger partial charge in [0.15, 0.2) is 0 Å². The van der Waals surface area contributed by atoms with Crippen LogP contribution in [0.5, 0.6) is 0 Å². The van der Waals surface area contributed by atoms with Crippen molar-refractivity contribution in [2.45, 2.75) is 89.8 Å². The summed E-state index contributed by atoms with van der Waals surface area (Å²) in [5.41, 5.74) is 0.477. The van der Waals surface area contributed by atoms with Crippen molar-refractivity contribution in [1.82, 2.24) is 0 Å². The zero-order chi connectivity index (χ0) is 17.2. The normalized spacial score (nSPS) is 63.4. The van der Waals surface area contributed by atoms with Crippen molar-refractivity contribution in [3.8, 4) is 0 Å². The van der Waals surface area contributed by atoms with E-state index in [1.807, 2.05) is 0 Å². The summed E-state index contributed by atoms with van der Waals surface area (Å²) in [7, 11) is 0. The van der Waals surface area contributed by atoms with Crippen LogP contribution < -0.4 is 0 Å². The maximum atomic E-state index is 11.7. The number of esters is 1. The number of hydrogen-bond acceptors (Lipinski definition) is 4. The predicted molar refractivity (Wildman–Crippen MR) is 90.5 cm³/mol. The molecule has 138 valence electrons. The molecule has 0 spiro atoms. The van der Waals surface area contributed by atoms with Gasteiger partial charge < -0.3 is 14.2 Å². The number of carbonyl (C=O) groups is 1. The Morgan fingerprint density at radius 2 is 1.88 bits per heavy atom. The van der Waals surface area contributed by atoms with E-state index in [1.54, 1.807) is 0 Å². The van der Waals surface area contributed by atoms with Gasteiger partial charge in [0, 0.05) is 12.3 Å². The minimum atomic E-state index is -0.594. The molecule has 6 aliphatic rings. The molecule has 4 nitrogen and oxygen atoms in total. The highest BCUT2D eigenvalue weighted by molar-refractivity contribution is 5.67. The average Bonchev–Trinajstić information content (AvgIpc) is 3.44. The van der Waals surface area contributed by atoms with Gasteiger partial charge in [0.2, 0.25) is 5.79 Å². The van der Waals surface area contributed by atoms with Crippen molar-refractivity contribution in [1.29, 1.82) is 0 Å². The Bertz CT molecular complexity index is 648. The molecule has 0 amide bonds. The van der Waals surface area contributed by atoms with E-state index in [0.717, 1.165) is 30.6 Å². The molecule has 4 heteroatoms. The average molecular weight is 346 g/mol. The maximum Gasteiger partial charge on any atom is 0.305 e. The van der Waals surface area contributed by atoms with Crippen molar-refractivity contribution < 1.29 is 19.0 Å². The summed E-state index contributed by atoms with van der Waals surface area (Å²) in [4.78, 5) is 11.7. The van der Waals surface area contributed by atoms with Crippen LogP contribution in [0, 0.1) is 34.5 Å². The van der Waals surface area contributed by atoms with Crippen molar-refractivity contribution in [3.05, 3.63) is 0 Å². The Hall–Kier alpha value is -0.610. The molecule has 2 heterocycles. The summed E-state index contributed by atoms with van der Waals surface area (Å²) in [6, 6.07) is 0. The molecule has 2 aliphatic heterocycles. The van der Waals surface area contributed by atoms with Crippen molar-refractivity contribution in [2.24, 2.45) is 34.5 Å². The number of ether oxygens (including phenoxy) is 3. The molecule has 25 heavy (non-hydrogen) atoms. The molecule has 0 radical (unpaired) electrons. The Morgan fingerprint density at radius 3 is 2.68 bits per heavy atom. The second-order valence-electron chi connectivity index (χ2n) is 10.3. The second kappa shape index (κ2) is 4.44. The number of rotatable bonds is 1. The van der Waals surface area contributed by atoms with Gasteiger partial charge in [-0.3, -0.25) is 4.79 Å². The first-order valence-electron chi connectivity index (χ1n) is 10.4. The summed E-state index contributed by atoms with van der Waals surface area (Å²) in [6.45, 7) is 6.44. The fourth-order valence-electron chi connectivity index (χ4n) is 8.31. The third-order valence-electron chi connectivity index (χ3n) is 9.56. The molecule has 4 saturated carbocycles. The molecule has 2 saturated heterocycles. The first-order chi connectivity index (χ1) is 11.9. The Kier molecular flexibility index (Phi) is 2.74. The third kappa shape index (κ3) is 1.70. The van der Waals surface area contributed by atoms with E-state index < -0.39 is 5.79 Å². The smallest absolute Gasteiger partial charge is 0.305 e. The standard InChI is InChI=1S/C21H30O4/c1-11(22)24-21-17(25-21)10-15-12-4-5-14-18-16(23-18)7-8-19(14,2)13(12)6-9-20(15,21)3/h12-18H,4-10H2,1-3H3/t12?,13?,14?,15?,16-,17-,18+,19-,20+,21-/m1/s1. The number of carbonyl (C=O) groups excluding carboxylic acids is 1. The van der Waals surface area contributed by atoms with Crippen LogP contribution in [0.2, 0.25) is 0 Å². The lowest BCUT2D eigenvalue weighted by atomic mass is 9.45. The van der Waals surface area contributed by atoms with Crippen LogP contribution >= 0.6 is 0 Å². The summed E-state index contributed by atoms with van der Waals surface area (Å²) in [5.74, 6) is 2.25. The zero-order valence-electron chi connectivity index (χ0n) is 15.6. The SMILES string of the molecule is CC(=O)O[C@@]12O[C@@H]1CC1C3CCC4[C@@H]5O[C@@H]5CC[C@]4(C)C3CC[C@@]12C. The molecule has 0 bridgehead atoms. The predicted octanol–water partition coefficient (Wildman–Crippen LogP) is 3.67. The quantitative estimate of drug-likeness (QED) is 0.537. The lowest BCUT2D eigenvalue weighted by Crippen LogP contribution is -2.56. The van der Waals surface area contributed by atoms with E-state index in [9.17, 15) is 4.79 Å². The van der Waals surface area contributed by atoms with Gasteiger partial charge in [-0.05, 0) is 74.0 Å². The zero-order valence-corrected chi connectivity index (χ0v) is 15.6. The monoisotopic (exact) mass is 346 g/mol. The van der Waals surface area contributed by atoms with Crippen LogP contribution in [0.1, 0.15) is 65.7 Å². The van der Waals surface area contributed by atoms with Gasteiger partial charge in [-0.15, -0.1) is 0 Å². The molecule has 4 aliphatic carbocycles. The van der Waals surface area contributed by atoms with Crippen molar-refractivity contribution >= 4 is 5.97 Å². The first kappa shape index (κ1) is 15.4. The van der Waals surface area contributed by atoms with Crippen molar-refractivity contribution in [3.63, 3.8) is 0 Å². The Labute approximate surface area is 150 Å². The van der Waals surface area contributed by atoms with Crippen LogP contribution in [0.4, 0.5) is 0 Å². The van der Waals surface area contributed by atoms with Gasteiger partial charge in [-0.1, -0.05) is 13.8 Å². The van der Waals surface area contributed by atoms with E-state index in [2.05, 4.69) is 13.8 Å². The van der Waals surface area contributed by atoms with E-state index in [1.165, 1.54) is 39.0 Å². The molecule has 0 aromatic rings. The molecule has 0 N–H and O–H groups in total. The van der Waals surface area contributed by atoms with E-state index in [-0.39, 0.29) is 17.5 Å². The molecule has 4 unspecified atom stereocenters. The van der Waals surface area contributed by atoms with Crippen LogP contribution in [0.15, 0.2) is 0 Å². The molecule has 0 aromatic heterocycles. The molecule has 10 atom stereocenters. The molecule has 6 fully saturated rings. The van der Waals surface area contributed by atoms with Crippen LogP contribution in [-0.4, -0.2) is 30.1 Å². The van der Waals surface area contributed by atoms with Gasteiger partial charge in [-0.25, -0.2) is 0 Å². The second-order valence-corrected chi connectivity index (χ2v) is 10.3. The number of hydrogen-bond donors (Lipinski definition) is 0. The van der Waals surface area contributed by atoms with Crippen LogP contribution in [0.25, 0.3) is 0 Å². The molecular weight excluding hydrogens is 316 g/mol. The first-order valence-corrected chi connectivity index (χ1v) is 10.4. The summed E-state index contributed by atoms with van der Waals surface area (Å²) < 4.78 is 17.8. The Morgan fingerprint density at radius 1 is 1.04 bits per heavy atom. The Balaban J connectivity index is 1.32. The molecular formula is C21H30O4. The molecule has 6 rings (SSSR count). The van der Waals surface area contributed by atoms with Gasteiger partial charge in [0.05, 0.1) is 12.2 Å². The summed E-state index contributed by atoms with van der Waals surface area (Å²) in [5, 5.41) is 0. The van der Waals surface area contributed by atoms with E-state index in [0.29, 0.717) is 23.5 Å². The highest BCUT2D eigenvalue weighted by Gasteiger charge is 2.80. The van der Waals surface area contributed by atoms with E-state index >= 15 is 0 Å². The third-order valence-corrected chi connectivity index (χ3v) is 9.56. The van der Waals surface area contributed by atoms with Crippen molar-refractivity contribution in [2.75, 3.05) is 0 Å². The van der Waals surface area contributed by atoms with Gasteiger partial charge in [0.1, 0.15) is 6.10 Å². The highest BCUT2D eigenvalue weighted by atomic mass is 16.8. The lowest BCUT2D eigenvalue weighted by Gasteiger charge is -2.59. The minimum absolute atomic E-state index is 0.0149. The van der Waals surface area contributed by atoms with E-state index in [4.69, 9.17) is 14.2 Å². The largest absolute Gasteiger partial charge is 0.430 e. The summed E-state index contributed by atoms with van der Waals surface area (Å²) in [6.07, 6.45) is 10.1. The number of epoxide rings is 2. The fraction of sp³-hybridized carbons (Fsp3) is 0.952. The van der Waals surface area contributed by atoms with Gasteiger partial charge >= 0.3 is 5.97 Å². The highest BCUT2D eigenvalue weighted by Crippen LogP contribution is 2.74. The lowest BCUT2D eigenvalue weighted by molar-refractivity contribution is -0.198. The summed E-state index contributed by atoms with van der Waals surface area (Å²) >= 11 is 0. The van der Waals surface area contributed by atoms with Gasteiger partial charge in [0.25, 0.3) is 0 Å². The topological polar surface area (TPSA) is 51.4 Å². The number of fused-ring (bicyclic) bond motifs is 9. The maximum absolute atomic E-state index is 11.7. The van der Waals surface area contributed by atoms with Crippen LogP contribution in [-0.2, 0) is 19.0 Å². The fourth-order valence-corrected chi connectivity index (χ4v) is 8.31. The molecule has 0 aromatic carbocycles. The minimum Gasteiger partial charge on any atom is -0.430 e.